The summed E-state index contributed by atoms with van der Waals surface area (Å²) in [6.07, 6.45) is 0.266. The lowest BCUT2D eigenvalue weighted by Crippen LogP contribution is -2.49. The van der Waals surface area contributed by atoms with Crippen LogP contribution in [0.5, 0.6) is 5.75 Å². The molecule has 6 nitrogen and oxygen atoms in total. The van der Waals surface area contributed by atoms with Crippen molar-refractivity contribution >= 4 is 22.3 Å². The zero-order valence-corrected chi connectivity index (χ0v) is 15.6. The number of anilines is 1. The highest BCUT2D eigenvalue weighted by molar-refractivity contribution is 7.72. The van der Waals surface area contributed by atoms with E-state index in [1.54, 1.807) is 29.2 Å². The summed E-state index contributed by atoms with van der Waals surface area (Å²) >= 11 is 0. The third kappa shape index (κ3) is 5.19. The van der Waals surface area contributed by atoms with E-state index in [2.05, 4.69) is 4.90 Å². The highest BCUT2D eigenvalue weighted by atomic mass is 32.2. The molecule has 144 valence electrons. The SMILES string of the molecule is O=C(CCOc1ccc(F)cc1)N1CCN(c2ccc([SH](=O)=O)cc2)CC1. The molecule has 0 bridgehead atoms. The molecule has 0 N–H and O–H groups in total. The van der Waals surface area contributed by atoms with Crippen molar-refractivity contribution in [3.63, 3.8) is 0 Å². The molecule has 1 fully saturated rings. The number of rotatable bonds is 6. The topological polar surface area (TPSA) is 66.9 Å². The fourth-order valence-electron chi connectivity index (χ4n) is 2.94. The average Bonchev–Trinajstić information content (AvgIpc) is 2.69. The van der Waals surface area contributed by atoms with E-state index in [0.29, 0.717) is 36.8 Å². The summed E-state index contributed by atoms with van der Waals surface area (Å²) in [5.41, 5.74) is 0.947. The first-order chi connectivity index (χ1) is 13.0. The summed E-state index contributed by atoms with van der Waals surface area (Å²) in [6, 6.07) is 12.5. The first kappa shape index (κ1) is 19.2. The van der Waals surface area contributed by atoms with Gasteiger partial charge in [0.05, 0.1) is 17.9 Å². The van der Waals surface area contributed by atoms with Gasteiger partial charge in [0.15, 0.2) is 10.7 Å². The third-order valence-corrected chi connectivity index (χ3v) is 5.18. The van der Waals surface area contributed by atoms with E-state index in [4.69, 9.17) is 4.74 Å². The van der Waals surface area contributed by atoms with Crippen molar-refractivity contribution in [1.29, 1.82) is 0 Å². The number of hydrogen-bond acceptors (Lipinski definition) is 5. The summed E-state index contributed by atoms with van der Waals surface area (Å²) in [5, 5.41) is 0. The van der Waals surface area contributed by atoms with Gasteiger partial charge < -0.3 is 14.5 Å². The number of halogens is 1. The van der Waals surface area contributed by atoms with Crippen LogP contribution in [-0.2, 0) is 15.5 Å². The summed E-state index contributed by atoms with van der Waals surface area (Å²) in [5.74, 6) is 0.237. The van der Waals surface area contributed by atoms with Crippen molar-refractivity contribution in [2.75, 3.05) is 37.7 Å². The predicted molar refractivity (Wildman–Crippen MR) is 100 cm³/mol. The average molecular weight is 392 g/mol. The van der Waals surface area contributed by atoms with E-state index >= 15 is 0 Å². The largest absolute Gasteiger partial charge is 0.493 e. The van der Waals surface area contributed by atoms with E-state index in [0.717, 1.165) is 5.69 Å². The number of piperazine rings is 1. The molecule has 1 heterocycles. The molecule has 2 aromatic carbocycles. The Kier molecular flexibility index (Phi) is 6.28. The van der Waals surface area contributed by atoms with Crippen LogP contribution in [0.25, 0.3) is 0 Å². The van der Waals surface area contributed by atoms with E-state index < -0.39 is 10.7 Å². The Labute approximate surface area is 159 Å². The van der Waals surface area contributed by atoms with Gasteiger partial charge in [0, 0.05) is 31.9 Å². The monoisotopic (exact) mass is 392 g/mol. The van der Waals surface area contributed by atoms with Crippen LogP contribution in [0.4, 0.5) is 10.1 Å². The maximum absolute atomic E-state index is 12.8. The van der Waals surface area contributed by atoms with Gasteiger partial charge in [-0.3, -0.25) is 4.79 Å². The van der Waals surface area contributed by atoms with Crippen molar-refractivity contribution in [3.8, 4) is 5.75 Å². The normalized spacial score (nSPS) is 14.4. The second-order valence-corrected chi connectivity index (χ2v) is 7.22. The van der Waals surface area contributed by atoms with Crippen molar-refractivity contribution in [3.05, 3.63) is 54.3 Å². The summed E-state index contributed by atoms with van der Waals surface area (Å²) < 4.78 is 40.2. The molecule has 0 radical (unpaired) electrons. The number of thiol groups is 1. The smallest absolute Gasteiger partial charge is 0.226 e. The zero-order chi connectivity index (χ0) is 19.2. The fourth-order valence-corrected chi connectivity index (χ4v) is 3.34. The van der Waals surface area contributed by atoms with Crippen LogP contribution in [0.3, 0.4) is 0 Å². The van der Waals surface area contributed by atoms with Crippen LogP contribution in [0.15, 0.2) is 53.4 Å². The Hall–Kier alpha value is -2.61. The van der Waals surface area contributed by atoms with Gasteiger partial charge in [0.1, 0.15) is 11.6 Å². The molecule has 8 heteroatoms. The molecule has 0 atom stereocenters. The molecular formula is C19H21FN2O4S. The second kappa shape index (κ2) is 8.85. The molecule has 0 aliphatic carbocycles. The molecule has 0 aromatic heterocycles. The first-order valence-corrected chi connectivity index (χ1v) is 9.86. The molecule has 0 saturated carbocycles. The molecule has 3 rings (SSSR count). The minimum Gasteiger partial charge on any atom is -0.493 e. The Bertz CT molecular complexity index is 837. The number of amides is 1. The van der Waals surface area contributed by atoms with Crippen LogP contribution in [0.2, 0.25) is 0 Å². The Balaban J connectivity index is 1.44. The van der Waals surface area contributed by atoms with Gasteiger partial charge in [-0.1, -0.05) is 0 Å². The maximum Gasteiger partial charge on any atom is 0.226 e. The lowest BCUT2D eigenvalue weighted by atomic mass is 10.2. The van der Waals surface area contributed by atoms with Gasteiger partial charge in [-0.05, 0) is 48.5 Å². The van der Waals surface area contributed by atoms with Crippen LogP contribution < -0.4 is 9.64 Å². The van der Waals surface area contributed by atoms with Gasteiger partial charge in [0.2, 0.25) is 5.91 Å². The third-order valence-electron chi connectivity index (χ3n) is 4.46. The Morgan fingerprint density at radius 3 is 2.19 bits per heavy atom. The molecule has 0 spiro atoms. The van der Waals surface area contributed by atoms with Gasteiger partial charge in [0.25, 0.3) is 0 Å². The lowest BCUT2D eigenvalue weighted by molar-refractivity contribution is -0.132. The Morgan fingerprint density at radius 1 is 0.963 bits per heavy atom. The van der Waals surface area contributed by atoms with Crippen molar-refractivity contribution in [2.45, 2.75) is 11.3 Å². The number of hydrogen-bond donors (Lipinski definition) is 1. The van der Waals surface area contributed by atoms with Gasteiger partial charge >= 0.3 is 0 Å². The zero-order valence-electron chi connectivity index (χ0n) is 14.7. The number of benzene rings is 2. The Morgan fingerprint density at radius 2 is 1.59 bits per heavy atom. The maximum atomic E-state index is 12.8. The minimum absolute atomic E-state index is 0.0236. The van der Waals surface area contributed by atoms with E-state index in [1.807, 2.05) is 0 Å². The van der Waals surface area contributed by atoms with Gasteiger partial charge in [-0.25, -0.2) is 12.8 Å². The molecule has 1 amide bonds. The predicted octanol–water partition coefficient (Wildman–Crippen LogP) is 1.91. The van der Waals surface area contributed by atoms with Crippen molar-refractivity contribution in [1.82, 2.24) is 4.90 Å². The molecular weight excluding hydrogens is 371 g/mol. The number of carbonyl (C=O) groups is 1. The van der Waals surface area contributed by atoms with Crippen LogP contribution in [0, 0.1) is 5.82 Å². The van der Waals surface area contributed by atoms with Crippen molar-refractivity contribution < 1.29 is 22.3 Å². The second-order valence-electron chi connectivity index (χ2n) is 6.19. The minimum atomic E-state index is -2.57. The quantitative estimate of drug-likeness (QED) is 0.761. The first-order valence-electron chi connectivity index (χ1n) is 8.68. The molecule has 2 aromatic rings. The number of carbonyl (C=O) groups excluding carboxylic acids is 1. The van der Waals surface area contributed by atoms with Crippen LogP contribution in [-0.4, -0.2) is 52.0 Å². The molecule has 1 aliphatic rings. The van der Waals surface area contributed by atoms with Crippen LogP contribution >= 0.6 is 0 Å². The molecule has 1 aliphatic heterocycles. The lowest BCUT2D eigenvalue weighted by Gasteiger charge is -2.36. The van der Waals surface area contributed by atoms with E-state index in [9.17, 15) is 17.6 Å². The summed E-state index contributed by atoms with van der Waals surface area (Å²) in [6.45, 7) is 2.83. The van der Waals surface area contributed by atoms with Gasteiger partial charge in [-0.2, -0.15) is 0 Å². The fraction of sp³-hybridized carbons (Fsp3) is 0.316. The van der Waals surface area contributed by atoms with E-state index in [-0.39, 0.29) is 24.8 Å². The van der Waals surface area contributed by atoms with E-state index in [1.165, 1.54) is 24.3 Å². The summed E-state index contributed by atoms with van der Waals surface area (Å²) in [7, 11) is -2.57. The number of nitrogens with zero attached hydrogens (tertiary/aromatic N) is 2. The molecule has 0 unspecified atom stereocenters. The highest BCUT2D eigenvalue weighted by Gasteiger charge is 2.21. The van der Waals surface area contributed by atoms with Crippen LogP contribution in [0.1, 0.15) is 6.42 Å². The van der Waals surface area contributed by atoms with Gasteiger partial charge in [-0.15, -0.1) is 0 Å². The highest BCUT2D eigenvalue weighted by Crippen LogP contribution is 2.18. The molecule has 1 saturated heterocycles. The molecule has 27 heavy (non-hydrogen) atoms. The van der Waals surface area contributed by atoms with Crippen molar-refractivity contribution in [2.24, 2.45) is 0 Å². The standard InChI is InChI=1S/C19H21FN2O4S/c20-15-1-5-17(6-2-15)26-14-9-19(23)22-12-10-21(11-13-22)16-3-7-18(8-4-16)27(24)25/h1-8,27H,9-14H2. The summed E-state index contributed by atoms with van der Waals surface area (Å²) in [4.78, 5) is 16.5. The number of ether oxygens (including phenoxy) is 1.